The van der Waals surface area contributed by atoms with Gasteiger partial charge in [0.15, 0.2) is 0 Å². The van der Waals surface area contributed by atoms with Gasteiger partial charge >= 0.3 is 0 Å². The summed E-state index contributed by atoms with van der Waals surface area (Å²) in [7, 11) is 3.03. The molecule has 1 atom stereocenters. The predicted octanol–water partition coefficient (Wildman–Crippen LogP) is 3.46. The smallest absolute Gasteiger partial charge is 0.277 e. The van der Waals surface area contributed by atoms with Crippen LogP contribution in [0.15, 0.2) is 54.6 Å². The SMILES string of the molecule is CON(C)C(=O)c1cccc(OC(C)c2ccccc2)c1. The van der Waals surface area contributed by atoms with Crippen LogP contribution in [0.4, 0.5) is 0 Å². The van der Waals surface area contributed by atoms with Gasteiger partial charge in [-0.05, 0) is 30.7 Å². The molecule has 0 N–H and O–H groups in total. The molecule has 0 radical (unpaired) electrons. The summed E-state index contributed by atoms with van der Waals surface area (Å²) in [5.41, 5.74) is 1.61. The first-order valence-corrected chi connectivity index (χ1v) is 6.75. The maximum Gasteiger partial charge on any atom is 0.277 e. The fourth-order valence-corrected chi connectivity index (χ4v) is 1.96. The second-order valence-corrected chi connectivity index (χ2v) is 4.68. The summed E-state index contributed by atoms with van der Waals surface area (Å²) in [5.74, 6) is 0.442. The van der Waals surface area contributed by atoms with E-state index in [4.69, 9.17) is 9.57 Å². The van der Waals surface area contributed by atoms with Gasteiger partial charge in [-0.15, -0.1) is 0 Å². The molecule has 110 valence electrons. The van der Waals surface area contributed by atoms with Gasteiger partial charge in [-0.25, -0.2) is 5.06 Å². The van der Waals surface area contributed by atoms with Crippen LogP contribution in [-0.2, 0) is 4.84 Å². The largest absolute Gasteiger partial charge is 0.486 e. The van der Waals surface area contributed by atoms with Crippen LogP contribution in [0.3, 0.4) is 0 Å². The number of ether oxygens (including phenoxy) is 1. The summed E-state index contributed by atoms with van der Waals surface area (Å²) in [5, 5.41) is 1.18. The monoisotopic (exact) mass is 285 g/mol. The summed E-state index contributed by atoms with van der Waals surface area (Å²) in [6, 6.07) is 17.0. The molecule has 21 heavy (non-hydrogen) atoms. The zero-order chi connectivity index (χ0) is 15.2. The first-order chi connectivity index (χ1) is 10.1. The van der Waals surface area contributed by atoms with Gasteiger partial charge in [-0.3, -0.25) is 9.63 Å². The molecular weight excluding hydrogens is 266 g/mol. The van der Waals surface area contributed by atoms with E-state index < -0.39 is 0 Å². The van der Waals surface area contributed by atoms with Crippen LogP contribution in [0.25, 0.3) is 0 Å². The van der Waals surface area contributed by atoms with Crippen LogP contribution in [0.5, 0.6) is 5.75 Å². The van der Waals surface area contributed by atoms with E-state index in [0.717, 1.165) is 5.56 Å². The van der Waals surface area contributed by atoms with Crippen molar-refractivity contribution in [2.45, 2.75) is 13.0 Å². The minimum Gasteiger partial charge on any atom is -0.486 e. The van der Waals surface area contributed by atoms with Gasteiger partial charge in [-0.1, -0.05) is 36.4 Å². The van der Waals surface area contributed by atoms with Crippen molar-refractivity contribution in [1.82, 2.24) is 5.06 Å². The molecule has 0 saturated heterocycles. The van der Waals surface area contributed by atoms with Crippen molar-refractivity contribution in [1.29, 1.82) is 0 Å². The number of carbonyl (C=O) groups is 1. The first kappa shape index (κ1) is 15.1. The second kappa shape index (κ2) is 6.90. The Morgan fingerprint density at radius 3 is 2.48 bits per heavy atom. The van der Waals surface area contributed by atoms with Gasteiger partial charge in [0.05, 0.1) is 7.11 Å². The topological polar surface area (TPSA) is 38.8 Å². The van der Waals surface area contributed by atoms with Crippen LogP contribution in [0.1, 0.15) is 28.9 Å². The number of benzene rings is 2. The average Bonchev–Trinajstić information content (AvgIpc) is 2.54. The Morgan fingerprint density at radius 2 is 1.81 bits per heavy atom. The van der Waals surface area contributed by atoms with Crippen molar-refractivity contribution in [2.75, 3.05) is 14.2 Å². The standard InChI is InChI=1S/C17H19NO3/c1-13(14-8-5-4-6-9-14)21-16-11-7-10-15(12-16)17(19)18(2)20-3/h4-13H,1-3H3. The minimum absolute atomic E-state index is 0.0864. The summed E-state index contributed by atoms with van der Waals surface area (Å²) in [6.45, 7) is 1.98. The van der Waals surface area contributed by atoms with E-state index in [1.807, 2.05) is 43.3 Å². The van der Waals surface area contributed by atoms with Gasteiger partial charge in [0.1, 0.15) is 11.9 Å². The van der Waals surface area contributed by atoms with Gasteiger partial charge in [0.2, 0.25) is 0 Å². The maximum atomic E-state index is 12.0. The molecule has 0 saturated carbocycles. The van der Waals surface area contributed by atoms with Crippen LogP contribution < -0.4 is 4.74 Å². The summed E-state index contributed by atoms with van der Waals surface area (Å²) in [6.07, 6.45) is -0.0864. The number of nitrogens with zero attached hydrogens (tertiary/aromatic N) is 1. The van der Waals surface area contributed by atoms with E-state index in [1.165, 1.54) is 12.2 Å². The van der Waals surface area contributed by atoms with Gasteiger partial charge < -0.3 is 4.74 Å². The molecule has 0 spiro atoms. The number of carbonyl (C=O) groups excluding carboxylic acids is 1. The summed E-state index contributed by atoms with van der Waals surface area (Å²) in [4.78, 5) is 16.9. The van der Waals surface area contributed by atoms with Crippen molar-refractivity contribution >= 4 is 5.91 Å². The Kier molecular flexibility index (Phi) is 4.95. The fraction of sp³-hybridized carbons (Fsp3) is 0.235. The van der Waals surface area contributed by atoms with Crippen molar-refractivity contribution in [3.8, 4) is 5.75 Å². The Labute approximate surface area is 124 Å². The molecule has 4 nitrogen and oxygen atoms in total. The third kappa shape index (κ3) is 3.83. The molecule has 2 rings (SSSR count). The quantitative estimate of drug-likeness (QED) is 0.790. The van der Waals surface area contributed by atoms with Crippen molar-refractivity contribution in [3.63, 3.8) is 0 Å². The van der Waals surface area contributed by atoms with E-state index in [2.05, 4.69) is 0 Å². The minimum atomic E-state index is -0.213. The molecule has 1 unspecified atom stereocenters. The Morgan fingerprint density at radius 1 is 1.10 bits per heavy atom. The highest BCUT2D eigenvalue weighted by molar-refractivity contribution is 5.93. The van der Waals surface area contributed by atoms with Crippen molar-refractivity contribution in [3.05, 3.63) is 65.7 Å². The van der Waals surface area contributed by atoms with Gasteiger partial charge in [0, 0.05) is 12.6 Å². The molecule has 0 bridgehead atoms. The van der Waals surface area contributed by atoms with Crippen LogP contribution in [-0.4, -0.2) is 25.1 Å². The lowest BCUT2D eigenvalue weighted by molar-refractivity contribution is -0.0757. The highest BCUT2D eigenvalue weighted by Crippen LogP contribution is 2.22. The molecule has 4 heteroatoms. The number of hydrogen-bond donors (Lipinski definition) is 0. The molecule has 2 aromatic rings. The third-order valence-electron chi connectivity index (χ3n) is 3.22. The second-order valence-electron chi connectivity index (χ2n) is 4.68. The predicted molar refractivity (Wildman–Crippen MR) is 81.0 cm³/mol. The fourth-order valence-electron chi connectivity index (χ4n) is 1.96. The number of hydroxylamine groups is 2. The highest BCUT2D eigenvalue weighted by atomic mass is 16.7. The van der Waals surface area contributed by atoms with Crippen LogP contribution >= 0.6 is 0 Å². The molecule has 0 aliphatic rings. The number of hydrogen-bond acceptors (Lipinski definition) is 3. The van der Waals surface area contributed by atoms with E-state index in [-0.39, 0.29) is 12.0 Å². The average molecular weight is 285 g/mol. The molecule has 0 heterocycles. The lowest BCUT2D eigenvalue weighted by Gasteiger charge is -2.17. The number of rotatable bonds is 5. The van der Waals surface area contributed by atoms with E-state index in [1.54, 1.807) is 25.2 Å². The van der Waals surface area contributed by atoms with Gasteiger partial charge in [-0.2, -0.15) is 0 Å². The van der Waals surface area contributed by atoms with Gasteiger partial charge in [0.25, 0.3) is 5.91 Å². The van der Waals surface area contributed by atoms with Crippen LogP contribution in [0, 0.1) is 0 Å². The van der Waals surface area contributed by atoms with E-state index >= 15 is 0 Å². The highest BCUT2D eigenvalue weighted by Gasteiger charge is 2.13. The summed E-state index contributed by atoms with van der Waals surface area (Å²) < 4.78 is 5.89. The maximum absolute atomic E-state index is 12.0. The van der Waals surface area contributed by atoms with Crippen molar-refractivity contribution < 1.29 is 14.4 Å². The first-order valence-electron chi connectivity index (χ1n) is 6.75. The molecular formula is C17H19NO3. The molecule has 1 amide bonds. The zero-order valence-corrected chi connectivity index (χ0v) is 12.4. The lowest BCUT2D eigenvalue weighted by Crippen LogP contribution is -2.25. The van der Waals surface area contributed by atoms with E-state index in [0.29, 0.717) is 11.3 Å². The van der Waals surface area contributed by atoms with Crippen LogP contribution in [0.2, 0.25) is 0 Å². The van der Waals surface area contributed by atoms with Crippen molar-refractivity contribution in [2.24, 2.45) is 0 Å². The molecule has 0 aliphatic carbocycles. The molecule has 2 aromatic carbocycles. The Hall–Kier alpha value is -2.33. The zero-order valence-electron chi connectivity index (χ0n) is 12.4. The normalized spacial score (nSPS) is 11.8. The molecule has 0 fully saturated rings. The molecule has 0 aromatic heterocycles. The summed E-state index contributed by atoms with van der Waals surface area (Å²) >= 11 is 0. The Bertz CT molecular complexity index is 598. The Balaban J connectivity index is 2.13. The third-order valence-corrected chi connectivity index (χ3v) is 3.22. The lowest BCUT2D eigenvalue weighted by atomic mass is 10.1. The molecule has 0 aliphatic heterocycles. The number of amides is 1. The van der Waals surface area contributed by atoms with E-state index in [9.17, 15) is 4.79 Å².